The Hall–Kier alpha value is -1.15. The van der Waals surface area contributed by atoms with Crippen LogP contribution >= 0.6 is 0 Å². The van der Waals surface area contributed by atoms with Crippen LogP contribution in [0.1, 0.15) is 43.8 Å². The van der Waals surface area contributed by atoms with Gasteiger partial charge in [0, 0.05) is 12.3 Å². The van der Waals surface area contributed by atoms with Crippen LogP contribution in [0.15, 0.2) is 30.3 Å². The molecule has 16 heavy (non-hydrogen) atoms. The number of carbonyl (C=O) groups excluding carboxylic acids is 1. The Labute approximate surface area is 96.3 Å². The number of carbonyl (C=O) groups is 1. The molecule has 2 atom stereocenters. The molecular weight excluding hydrogens is 200 g/mol. The first-order valence-electron chi connectivity index (χ1n) is 6.03. The lowest BCUT2D eigenvalue weighted by molar-refractivity contribution is -0.125. The van der Waals surface area contributed by atoms with Crippen molar-refractivity contribution in [1.29, 1.82) is 0 Å². The Bertz CT molecular complexity index is 345. The Morgan fingerprint density at radius 3 is 2.69 bits per heavy atom. The van der Waals surface area contributed by atoms with Crippen molar-refractivity contribution < 1.29 is 9.90 Å². The van der Waals surface area contributed by atoms with Gasteiger partial charge in [0.1, 0.15) is 5.78 Å². The fourth-order valence-electron chi connectivity index (χ4n) is 2.39. The van der Waals surface area contributed by atoms with Gasteiger partial charge < -0.3 is 5.11 Å². The Morgan fingerprint density at radius 1 is 1.25 bits per heavy atom. The van der Waals surface area contributed by atoms with Crippen LogP contribution in [-0.2, 0) is 4.79 Å². The van der Waals surface area contributed by atoms with Crippen molar-refractivity contribution in [2.24, 2.45) is 5.92 Å². The van der Waals surface area contributed by atoms with Gasteiger partial charge >= 0.3 is 0 Å². The lowest BCUT2D eigenvalue weighted by Crippen LogP contribution is -2.21. The van der Waals surface area contributed by atoms with Gasteiger partial charge in [0.25, 0.3) is 0 Å². The summed E-state index contributed by atoms with van der Waals surface area (Å²) in [5.74, 6) is 0.408. The average molecular weight is 218 g/mol. The van der Waals surface area contributed by atoms with E-state index in [1.165, 1.54) is 0 Å². The maximum Gasteiger partial charge on any atom is 0.136 e. The quantitative estimate of drug-likeness (QED) is 0.847. The molecule has 0 aliphatic heterocycles. The third-order valence-corrected chi connectivity index (χ3v) is 3.37. The summed E-state index contributed by atoms with van der Waals surface area (Å²) in [4.78, 5) is 11.6. The van der Waals surface area contributed by atoms with Crippen LogP contribution in [0.4, 0.5) is 0 Å². The lowest BCUT2D eigenvalue weighted by atomic mass is 9.83. The molecule has 2 nitrogen and oxygen atoms in total. The number of benzene rings is 1. The molecule has 1 aliphatic carbocycles. The molecule has 0 heterocycles. The number of aliphatic hydroxyl groups is 1. The normalized spacial score (nSPS) is 23.1. The number of Topliss-reactive ketones (excluding diaryl/α,β-unsaturated/α-hetero) is 1. The fourth-order valence-corrected chi connectivity index (χ4v) is 2.39. The van der Waals surface area contributed by atoms with E-state index in [4.69, 9.17) is 0 Å². The summed E-state index contributed by atoms with van der Waals surface area (Å²) in [5, 5.41) is 10.0. The molecular formula is C14H18O2. The highest BCUT2D eigenvalue weighted by atomic mass is 16.3. The minimum absolute atomic E-state index is 0.0731. The molecule has 0 amide bonds. The van der Waals surface area contributed by atoms with Gasteiger partial charge in [0.15, 0.2) is 0 Å². The van der Waals surface area contributed by atoms with Gasteiger partial charge in [0.05, 0.1) is 6.10 Å². The van der Waals surface area contributed by atoms with Gasteiger partial charge in [-0.25, -0.2) is 0 Å². The second-order valence-electron chi connectivity index (χ2n) is 4.57. The molecule has 0 radical (unpaired) electrons. The van der Waals surface area contributed by atoms with Crippen LogP contribution in [0.2, 0.25) is 0 Å². The highest BCUT2D eigenvalue weighted by Gasteiger charge is 2.25. The van der Waals surface area contributed by atoms with Crippen LogP contribution in [-0.4, -0.2) is 10.9 Å². The second kappa shape index (κ2) is 5.26. The van der Waals surface area contributed by atoms with E-state index in [0.29, 0.717) is 18.6 Å². The SMILES string of the molecule is O=C1CCCCC1CC(O)c1ccccc1. The summed E-state index contributed by atoms with van der Waals surface area (Å²) in [6.07, 6.45) is 3.89. The zero-order valence-electron chi connectivity index (χ0n) is 9.43. The summed E-state index contributed by atoms with van der Waals surface area (Å²) < 4.78 is 0. The molecule has 2 unspecified atom stereocenters. The third-order valence-electron chi connectivity index (χ3n) is 3.37. The van der Waals surface area contributed by atoms with E-state index < -0.39 is 6.10 Å². The predicted molar refractivity (Wildman–Crippen MR) is 63.0 cm³/mol. The molecule has 1 aromatic carbocycles. The predicted octanol–water partition coefficient (Wildman–Crippen LogP) is 2.87. The fraction of sp³-hybridized carbons (Fsp3) is 0.500. The summed E-state index contributed by atoms with van der Waals surface area (Å²) in [5.41, 5.74) is 0.917. The lowest BCUT2D eigenvalue weighted by Gasteiger charge is -2.23. The first-order chi connectivity index (χ1) is 7.77. The van der Waals surface area contributed by atoms with Gasteiger partial charge in [-0.3, -0.25) is 4.79 Å². The molecule has 1 fully saturated rings. The van der Waals surface area contributed by atoms with Gasteiger partial charge in [-0.2, -0.15) is 0 Å². The summed E-state index contributed by atoms with van der Waals surface area (Å²) in [7, 11) is 0. The number of hydrogen-bond acceptors (Lipinski definition) is 2. The largest absolute Gasteiger partial charge is 0.388 e. The molecule has 0 bridgehead atoms. The van der Waals surface area contributed by atoms with Gasteiger partial charge in [-0.1, -0.05) is 36.8 Å². The number of ketones is 1. The van der Waals surface area contributed by atoms with Gasteiger partial charge in [-0.05, 0) is 24.8 Å². The van der Waals surface area contributed by atoms with Crippen LogP contribution in [0.25, 0.3) is 0 Å². The standard InChI is InChI=1S/C14H18O2/c15-13-9-5-4-8-12(13)10-14(16)11-6-2-1-3-7-11/h1-3,6-7,12,14,16H,4-5,8-10H2. The summed E-state index contributed by atoms with van der Waals surface area (Å²) in [6.45, 7) is 0. The molecule has 0 spiro atoms. The second-order valence-corrected chi connectivity index (χ2v) is 4.57. The minimum atomic E-state index is -0.492. The van der Waals surface area contributed by atoms with E-state index in [9.17, 15) is 9.90 Å². The highest BCUT2D eigenvalue weighted by Crippen LogP contribution is 2.29. The molecule has 2 rings (SSSR count). The van der Waals surface area contributed by atoms with Crippen molar-refractivity contribution in [2.75, 3.05) is 0 Å². The van der Waals surface area contributed by atoms with Crippen LogP contribution < -0.4 is 0 Å². The molecule has 1 aliphatic rings. The highest BCUT2D eigenvalue weighted by molar-refractivity contribution is 5.81. The third kappa shape index (κ3) is 2.70. The smallest absolute Gasteiger partial charge is 0.136 e. The molecule has 0 aromatic heterocycles. The Balaban J connectivity index is 1.96. The molecule has 1 aromatic rings. The zero-order valence-corrected chi connectivity index (χ0v) is 9.43. The van der Waals surface area contributed by atoms with Crippen molar-refractivity contribution in [2.45, 2.75) is 38.2 Å². The zero-order chi connectivity index (χ0) is 11.4. The van der Waals surface area contributed by atoms with Crippen molar-refractivity contribution in [3.05, 3.63) is 35.9 Å². The molecule has 86 valence electrons. The van der Waals surface area contributed by atoms with E-state index in [1.807, 2.05) is 30.3 Å². The van der Waals surface area contributed by atoms with E-state index >= 15 is 0 Å². The summed E-state index contributed by atoms with van der Waals surface area (Å²) >= 11 is 0. The van der Waals surface area contributed by atoms with E-state index in [-0.39, 0.29) is 5.92 Å². The van der Waals surface area contributed by atoms with E-state index in [2.05, 4.69) is 0 Å². The molecule has 1 N–H and O–H groups in total. The first kappa shape index (κ1) is 11.3. The Kier molecular flexibility index (Phi) is 3.73. The molecule has 2 heteroatoms. The van der Waals surface area contributed by atoms with Gasteiger partial charge in [0.2, 0.25) is 0 Å². The van der Waals surface area contributed by atoms with Gasteiger partial charge in [-0.15, -0.1) is 0 Å². The van der Waals surface area contributed by atoms with Crippen molar-refractivity contribution in [3.8, 4) is 0 Å². The van der Waals surface area contributed by atoms with Crippen molar-refractivity contribution in [3.63, 3.8) is 0 Å². The average Bonchev–Trinajstić information content (AvgIpc) is 2.33. The minimum Gasteiger partial charge on any atom is -0.388 e. The van der Waals surface area contributed by atoms with E-state index in [0.717, 1.165) is 24.8 Å². The number of aliphatic hydroxyl groups excluding tert-OH is 1. The number of rotatable bonds is 3. The molecule has 0 saturated heterocycles. The van der Waals surface area contributed by atoms with Crippen molar-refractivity contribution >= 4 is 5.78 Å². The monoisotopic (exact) mass is 218 g/mol. The maximum absolute atomic E-state index is 11.6. The summed E-state index contributed by atoms with van der Waals surface area (Å²) in [6, 6.07) is 9.60. The van der Waals surface area contributed by atoms with Crippen LogP contribution in [0.5, 0.6) is 0 Å². The van der Waals surface area contributed by atoms with Crippen LogP contribution in [0.3, 0.4) is 0 Å². The molecule has 1 saturated carbocycles. The maximum atomic E-state index is 11.6. The van der Waals surface area contributed by atoms with Crippen LogP contribution in [0, 0.1) is 5.92 Å². The Morgan fingerprint density at radius 2 is 2.00 bits per heavy atom. The van der Waals surface area contributed by atoms with E-state index in [1.54, 1.807) is 0 Å². The first-order valence-corrected chi connectivity index (χ1v) is 6.03. The number of hydrogen-bond donors (Lipinski definition) is 1. The topological polar surface area (TPSA) is 37.3 Å². The van der Waals surface area contributed by atoms with Crippen molar-refractivity contribution in [1.82, 2.24) is 0 Å².